The molecule has 0 N–H and O–H groups in total. The van der Waals surface area contributed by atoms with Crippen molar-refractivity contribution in [2.24, 2.45) is 5.92 Å². The van der Waals surface area contributed by atoms with E-state index in [2.05, 4.69) is 28.1 Å². The third kappa shape index (κ3) is 4.83. The van der Waals surface area contributed by atoms with E-state index in [1.165, 1.54) is 11.1 Å². The van der Waals surface area contributed by atoms with E-state index in [9.17, 15) is 0 Å². The lowest BCUT2D eigenvalue weighted by atomic mass is 9.94. The van der Waals surface area contributed by atoms with Gasteiger partial charge in [0.05, 0.1) is 0 Å². The van der Waals surface area contributed by atoms with Gasteiger partial charge in [-0.15, -0.1) is 0 Å². The number of hydrogen-bond acceptors (Lipinski definition) is 0. The minimum Gasteiger partial charge on any atom is -0.0925 e. The summed E-state index contributed by atoms with van der Waals surface area (Å²) in [5.74, 6) is 0.539. The molecule has 3 heteroatoms. The largest absolute Gasteiger partial charge is 0.0925 e. The molecule has 0 aliphatic carbocycles. The van der Waals surface area contributed by atoms with Crippen molar-refractivity contribution in [3.05, 3.63) is 69.7 Å². The van der Waals surface area contributed by atoms with Crippen LogP contribution in [0.2, 0.25) is 10.0 Å². The highest BCUT2D eigenvalue weighted by molar-refractivity contribution is 9.09. The van der Waals surface area contributed by atoms with Crippen LogP contribution < -0.4 is 0 Å². The van der Waals surface area contributed by atoms with Crippen molar-refractivity contribution in [3.63, 3.8) is 0 Å². The Morgan fingerprint density at radius 2 is 1.32 bits per heavy atom. The third-order valence-electron chi connectivity index (χ3n) is 3.05. The average Bonchev–Trinajstić information content (AvgIpc) is 2.38. The normalized spacial score (nSPS) is 10.9. The summed E-state index contributed by atoms with van der Waals surface area (Å²) < 4.78 is 0. The van der Waals surface area contributed by atoms with Gasteiger partial charge in [0.2, 0.25) is 0 Å². The Balaban J connectivity index is 2.04. The van der Waals surface area contributed by atoms with Gasteiger partial charge in [0.25, 0.3) is 0 Å². The van der Waals surface area contributed by atoms with Crippen molar-refractivity contribution >= 4 is 39.1 Å². The van der Waals surface area contributed by atoms with Gasteiger partial charge in [-0.2, -0.15) is 0 Å². The lowest BCUT2D eigenvalue weighted by Gasteiger charge is -2.14. The van der Waals surface area contributed by atoms with E-state index < -0.39 is 0 Å². The summed E-state index contributed by atoms with van der Waals surface area (Å²) >= 11 is 15.6. The summed E-state index contributed by atoms with van der Waals surface area (Å²) in [6.07, 6.45) is 2.02. The van der Waals surface area contributed by atoms with E-state index in [-0.39, 0.29) is 0 Å². The fourth-order valence-electron chi connectivity index (χ4n) is 2.18. The molecule has 2 rings (SSSR count). The summed E-state index contributed by atoms with van der Waals surface area (Å²) in [6, 6.07) is 16.1. The first kappa shape index (κ1) is 14.9. The van der Waals surface area contributed by atoms with Gasteiger partial charge in [-0.25, -0.2) is 0 Å². The molecule has 0 fully saturated rings. The van der Waals surface area contributed by atoms with Crippen LogP contribution in [-0.4, -0.2) is 5.33 Å². The molecule has 0 saturated carbocycles. The number of alkyl halides is 1. The van der Waals surface area contributed by atoms with Crippen molar-refractivity contribution in [3.8, 4) is 0 Å². The summed E-state index contributed by atoms with van der Waals surface area (Å²) in [5.41, 5.74) is 2.55. The Labute approximate surface area is 132 Å². The first-order chi connectivity index (χ1) is 9.17. The maximum absolute atomic E-state index is 6.02. The maximum atomic E-state index is 6.02. The first-order valence-electron chi connectivity index (χ1n) is 6.22. The van der Waals surface area contributed by atoms with Gasteiger partial charge in [0.15, 0.2) is 0 Å². The van der Waals surface area contributed by atoms with E-state index >= 15 is 0 Å². The molecule has 100 valence electrons. The topological polar surface area (TPSA) is 0 Å². The zero-order valence-corrected chi connectivity index (χ0v) is 13.5. The molecule has 0 atom stereocenters. The Bertz CT molecular complexity index is 492. The molecule has 0 nitrogen and oxygen atoms in total. The van der Waals surface area contributed by atoms with Gasteiger partial charge in [-0.05, 0) is 54.2 Å². The van der Waals surface area contributed by atoms with Gasteiger partial charge in [-0.3, -0.25) is 0 Å². The molecule has 19 heavy (non-hydrogen) atoms. The lowest BCUT2D eigenvalue weighted by Crippen LogP contribution is -2.10. The van der Waals surface area contributed by atoms with Crippen LogP contribution in [0, 0.1) is 5.92 Å². The molecule has 0 bridgehead atoms. The van der Waals surface area contributed by atoms with E-state index in [0.29, 0.717) is 5.92 Å². The Kier molecular flexibility index (Phi) is 5.75. The summed E-state index contributed by atoms with van der Waals surface area (Å²) in [5, 5.41) is 2.56. The van der Waals surface area contributed by atoms with E-state index in [1.807, 2.05) is 36.4 Å². The lowest BCUT2D eigenvalue weighted by molar-refractivity contribution is 0.591. The van der Waals surface area contributed by atoms with Crippen LogP contribution in [0.1, 0.15) is 11.1 Å². The Hall–Kier alpha value is -0.500. The second kappa shape index (κ2) is 7.33. The molecule has 0 aromatic heterocycles. The van der Waals surface area contributed by atoms with E-state index in [0.717, 1.165) is 28.2 Å². The SMILES string of the molecule is Clc1cccc(CC(CBr)Cc2cccc(Cl)c2)c1. The molecule has 0 radical (unpaired) electrons. The summed E-state index contributed by atoms with van der Waals surface area (Å²) in [6.45, 7) is 0. The molecule has 0 amide bonds. The molecule has 0 saturated heterocycles. The van der Waals surface area contributed by atoms with Crippen LogP contribution in [0.4, 0.5) is 0 Å². The molecule has 0 spiro atoms. The predicted octanol–water partition coefficient (Wildman–Crippen LogP) is 5.79. The zero-order chi connectivity index (χ0) is 13.7. The number of rotatable bonds is 5. The average molecular weight is 358 g/mol. The first-order valence-corrected chi connectivity index (χ1v) is 8.10. The van der Waals surface area contributed by atoms with Crippen molar-refractivity contribution in [2.75, 3.05) is 5.33 Å². The fourth-order valence-corrected chi connectivity index (χ4v) is 3.06. The standard InChI is InChI=1S/C16H15BrCl2/c17-11-14(7-12-3-1-5-15(18)9-12)8-13-4-2-6-16(19)10-13/h1-6,9-10,14H,7-8,11H2. The fraction of sp³-hybridized carbons (Fsp3) is 0.250. The van der Waals surface area contributed by atoms with Gasteiger partial charge in [0, 0.05) is 15.4 Å². The van der Waals surface area contributed by atoms with Crippen molar-refractivity contribution in [1.29, 1.82) is 0 Å². The van der Waals surface area contributed by atoms with E-state index in [4.69, 9.17) is 23.2 Å². The van der Waals surface area contributed by atoms with E-state index in [1.54, 1.807) is 0 Å². The van der Waals surface area contributed by atoms with Crippen LogP contribution in [0.5, 0.6) is 0 Å². The highest BCUT2D eigenvalue weighted by atomic mass is 79.9. The minimum absolute atomic E-state index is 0.539. The number of benzene rings is 2. The maximum Gasteiger partial charge on any atom is 0.0408 e. The number of hydrogen-bond donors (Lipinski definition) is 0. The molecule has 2 aromatic carbocycles. The Morgan fingerprint density at radius 3 is 1.68 bits per heavy atom. The second-order valence-electron chi connectivity index (χ2n) is 4.69. The van der Waals surface area contributed by atoms with Crippen LogP contribution in [0.3, 0.4) is 0 Å². The third-order valence-corrected chi connectivity index (χ3v) is 4.43. The van der Waals surface area contributed by atoms with Crippen LogP contribution in [0.25, 0.3) is 0 Å². The van der Waals surface area contributed by atoms with Crippen molar-refractivity contribution in [2.45, 2.75) is 12.8 Å². The molecule has 0 aliphatic heterocycles. The van der Waals surface area contributed by atoms with Gasteiger partial charge in [0.1, 0.15) is 0 Å². The van der Waals surface area contributed by atoms with Crippen molar-refractivity contribution in [1.82, 2.24) is 0 Å². The van der Waals surface area contributed by atoms with Crippen molar-refractivity contribution < 1.29 is 0 Å². The summed E-state index contributed by atoms with van der Waals surface area (Å²) in [7, 11) is 0. The van der Waals surface area contributed by atoms with Gasteiger partial charge < -0.3 is 0 Å². The van der Waals surface area contributed by atoms with Gasteiger partial charge in [-0.1, -0.05) is 63.4 Å². The molecule has 2 aromatic rings. The molecular formula is C16H15BrCl2. The van der Waals surface area contributed by atoms with Crippen LogP contribution >= 0.6 is 39.1 Å². The molecule has 0 heterocycles. The zero-order valence-electron chi connectivity index (χ0n) is 10.5. The Morgan fingerprint density at radius 1 is 0.842 bits per heavy atom. The number of halogens is 3. The molecular weight excluding hydrogens is 343 g/mol. The smallest absolute Gasteiger partial charge is 0.0408 e. The monoisotopic (exact) mass is 356 g/mol. The molecule has 0 aliphatic rings. The molecule has 0 unspecified atom stereocenters. The highest BCUT2D eigenvalue weighted by Gasteiger charge is 2.10. The van der Waals surface area contributed by atoms with Crippen LogP contribution in [0.15, 0.2) is 48.5 Å². The predicted molar refractivity (Wildman–Crippen MR) is 87.6 cm³/mol. The summed E-state index contributed by atoms with van der Waals surface area (Å²) in [4.78, 5) is 0. The van der Waals surface area contributed by atoms with Gasteiger partial charge >= 0.3 is 0 Å². The minimum atomic E-state index is 0.539. The second-order valence-corrected chi connectivity index (χ2v) is 6.21. The quantitative estimate of drug-likeness (QED) is 0.594. The highest BCUT2D eigenvalue weighted by Crippen LogP contribution is 2.20. The van der Waals surface area contributed by atoms with Crippen LogP contribution in [-0.2, 0) is 12.8 Å².